The number of benzene rings is 2. The summed E-state index contributed by atoms with van der Waals surface area (Å²) in [7, 11) is 0. The summed E-state index contributed by atoms with van der Waals surface area (Å²) in [6.45, 7) is 12.1. The fourth-order valence-corrected chi connectivity index (χ4v) is 9.34. The molecule has 6 atom stereocenters. The second-order valence-corrected chi connectivity index (χ2v) is 21.3. The zero-order chi connectivity index (χ0) is 56.4. The van der Waals surface area contributed by atoms with E-state index in [0.717, 1.165) is 23.8 Å². The van der Waals surface area contributed by atoms with Crippen molar-refractivity contribution < 1.29 is 62.1 Å². The maximum atomic E-state index is 15.1. The topological polar surface area (TPSA) is 268 Å². The Morgan fingerprint density at radius 2 is 1.57 bits per heavy atom. The number of imide groups is 1. The lowest BCUT2D eigenvalue weighted by molar-refractivity contribution is -0.143. The van der Waals surface area contributed by atoms with Crippen molar-refractivity contribution in [1.29, 1.82) is 0 Å². The highest BCUT2D eigenvalue weighted by molar-refractivity contribution is 6.03. The fraction of sp³-hybridized carbons (Fsp3) is 0.554. The maximum absolute atomic E-state index is 15.1. The van der Waals surface area contributed by atoms with Gasteiger partial charge in [-0.3, -0.25) is 43.3 Å². The van der Waals surface area contributed by atoms with Gasteiger partial charge in [-0.2, -0.15) is 0 Å². The van der Waals surface area contributed by atoms with Gasteiger partial charge < -0.3 is 41.4 Å². The van der Waals surface area contributed by atoms with Gasteiger partial charge in [0.1, 0.15) is 30.1 Å². The molecule has 1 saturated heterocycles. The van der Waals surface area contributed by atoms with E-state index in [9.17, 15) is 57.8 Å². The molecule has 7 N–H and O–H groups in total. The van der Waals surface area contributed by atoms with Gasteiger partial charge in [-0.15, -0.1) is 0 Å². The van der Waals surface area contributed by atoms with Crippen LogP contribution in [0.1, 0.15) is 136 Å². The molecule has 0 radical (unpaired) electrons. The number of nitrogens with two attached hydrogens (primary N) is 1. The minimum Gasteiger partial charge on any atom is -0.480 e. The molecule has 416 valence electrons. The van der Waals surface area contributed by atoms with Crippen LogP contribution in [0.5, 0.6) is 0 Å². The van der Waals surface area contributed by atoms with Crippen molar-refractivity contribution in [2.24, 2.45) is 28.9 Å². The molecule has 0 aliphatic carbocycles. The minimum atomic E-state index is -1.43. The summed E-state index contributed by atoms with van der Waals surface area (Å²) in [5.74, 6) is -7.64. The van der Waals surface area contributed by atoms with E-state index in [4.69, 9.17) is 5.73 Å². The lowest BCUT2D eigenvalue weighted by Crippen LogP contribution is -2.47. The van der Waals surface area contributed by atoms with Crippen LogP contribution in [0.4, 0.5) is 8.78 Å². The van der Waals surface area contributed by atoms with Gasteiger partial charge in [-0.25, -0.2) is 13.6 Å². The van der Waals surface area contributed by atoms with E-state index >= 15 is 4.39 Å². The number of amides is 6. The van der Waals surface area contributed by atoms with E-state index in [0.29, 0.717) is 43.6 Å². The number of carboxylic acid groups (broad SMARTS) is 1. The van der Waals surface area contributed by atoms with Crippen LogP contribution in [0.25, 0.3) is 11.1 Å². The summed E-state index contributed by atoms with van der Waals surface area (Å²) < 4.78 is 31.4. The number of ketones is 2. The number of aliphatic hydroxyl groups is 1. The third kappa shape index (κ3) is 18.3. The summed E-state index contributed by atoms with van der Waals surface area (Å²) in [5, 5.41) is 27.9. The first-order valence-electron chi connectivity index (χ1n) is 26.2. The molecule has 76 heavy (non-hydrogen) atoms. The van der Waals surface area contributed by atoms with Gasteiger partial charge in [0.2, 0.25) is 35.4 Å². The Morgan fingerprint density at radius 3 is 2.18 bits per heavy atom. The van der Waals surface area contributed by atoms with Crippen molar-refractivity contribution in [3.63, 3.8) is 0 Å². The summed E-state index contributed by atoms with van der Waals surface area (Å²) in [4.78, 5) is 118. The van der Waals surface area contributed by atoms with Crippen molar-refractivity contribution >= 4 is 53.0 Å². The summed E-state index contributed by atoms with van der Waals surface area (Å²) in [5.41, 5.74) is 7.50. The van der Waals surface area contributed by atoms with Gasteiger partial charge in [0.15, 0.2) is 5.78 Å². The Labute approximate surface area is 443 Å². The maximum Gasteiger partial charge on any atom is 0.326 e. The van der Waals surface area contributed by atoms with E-state index in [1.807, 2.05) is 55.7 Å². The molecular formula is C56H77F2N7O11. The molecule has 1 aromatic heterocycles. The number of aromatic nitrogens is 1. The van der Waals surface area contributed by atoms with Crippen LogP contribution in [0, 0.1) is 34.8 Å². The number of nitrogens with one attached hydrogen (secondary N) is 3. The number of hydrogen-bond acceptors (Lipinski definition) is 11. The van der Waals surface area contributed by atoms with Gasteiger partial charge in [-0.05, 0) is 73.3 Å². The Kier molecular flexibility index (Phi) is 23.6. The first kappa shape index (κ1) is 61.9. The Bertz CT molecular complexity index is 2530. The number of carboxylic acids is 1. The van der Waals surface area contributed by atoms with Crippen molar-refractivity contribution in [1.82, 2.24) is 30.3 Å². The van der Waals surface area contributed by atoms with Crippen LogP contribution in [0.15, 0.2) is 60.8 Å². The molecule has 2 heterocycles. The van der Waals surface area contributed by atoms with E-state index < -0.39 is 83.2 Å². The number of carbonyl (C=O) groups excluding carboxylic acids is 8. The third-order valence-corrected chi connectivity index (χ3v) is 13.5. The molecule has 6 amide bonds. The quantitative estimate of drug-likeness (QED) is 0.0339. The lowest BCUT2D eigenvalue weighted by atomic mass is 9.82. The summed E-state index contributed by atoms with van der Waals surface area (Å²) in [6.07, 6.45) is 3.02. The standard InChI is InChI=1S/C56H77F2N7O11/c1-34(2)50(62-47(69)18-12-9-13-25-65-48(70)28-36(4)54(65)74)46(68)27-35(3)52(72)61-44(55(75)76)22-20-40(67)17-14-24-60-53(73)43(59)23-26-64(49(71)33-66)51(56(5,6)7)45-29-38(41-30-39(57)19-21-42(41)58)32-63(45)31-37-15-10-8-11-16-37/h8,10-11,15-16,19,21,29-30,32,34-36,43-44,50-51,66H,9,12-14,17-18,20,22-28,31,33,59H2,1-7H3,(H,60,73)(H,61,72)(H,62,69)(H,75,76)/t35-,36?,43+,44+,50+,51+/m1/s1. The molecule has 3 aromatic rings. The second kappa shape index (κ2) is 29.0. The van der Waals surface area contributed by atoms with Gasteiger partial charge >= 0.3 is 5.97 Å². The molecule has 0 bridgehead atoms. The molecule has 4 rings (SSSR count). The summed E-state index contributed by atoms with van der Waals surface area (Å²) in [6, 6.07) is 10.1. The van der Waals surface area contributed by atoms with E-state index in [1.165, 1.54) is 16.7 Å². The second-order valence-electron chi connectivity index (χ2n) is 21.3. The molecule has 1 unspecified atom stereocenters. The number of aliphatic hydroxyl groups excluding tert-OH is 1. The minimum absolute atomic E-state index is 0.0265. The number of halogens is 2. The number of aliphatic carboxylic acids is 1. The largest absolute Gasteiger partial charge is 0.480 e. The van der Waals surface area contributed by atoms with Crippen LogP contribution >= 0.6 is 0 Å². The number of likely N-dealkylation sites (tertiary alicyclic amines) is 1. The molecule has 1 fully saturated rings. The predicted octanol–water partition coefficient (Wildman–Crippen LogP) is 5.61. The van der Waals surface area contributed by atoms with Gasteiger partial charge in [0.25, 0.3) is 0 Å². The molecule has 20 heteroatoms. The highest BCUT2D eigenvalue weighted by atomic mass is 19.1. The molecule has 2 aromatic carbocycles. The first-order valence-corrected chi connectivity index (χ1v) is 26.2. The summed E-state index contributed by atoms with van der Waals surface area (Å²) >= 11 is 0. The Balaban J connectivity index is 1.25. The SMILES string of the molecule is CC1CC(=O)N(CCCCCC(=O)N[C@H](C(=O)C[C@@H](C)C(=O)N[C@@H](CCC(=O)CCCNC(=O)[C@@H](N)CCN(C(=O)CO)[C@@H](c2cc(-c3cc(F)ccc3F)cn2Cc2ccccc2)C(C)(C)C)C(=O)O)C(C)C)C1=O. The van der Waals surface area contributed by atoms with Crippen molar-refractivity contribution in [3.8, 4) is 11.1 Å². The van der Waals surface area contributed by atoms with E-state index in [2.05, 4.69) is 16.0 Å². The molecule has 0 saturated carbocycles. The number of unbranched alkanes of at least 4 members (excludes halogenated alkanes) is 2. The Hall–Kier alpha value is -6.67. The predicted molar refractivity (Wildman–Crippen MR) is 279 cm³/mol. The first-order chi connectivity index (χ1) is 35.8. The van der Waals surface area contributed by atoms with Gasteiger partial charge in [0.05, 0.1) is 18.1 Å². The van der Waals surface area contributed by atoms with Crippen molar-refractivity contribution in [3.05, 3.63) is 83.7 Å². The molecule has 1 aliphatic heterocycles. The average Bonchev–Trinajstić information content (AvgIpc) is 3.87. The third-order valence-electron chi connectivity index (χ3n) is 13.5. The number of carbonyl (C=O) groups is 9. The number of Topliss-reactive ketones (excluding diaryl/α,β-unsaturated/α-hetero) is 2. The normalized spacial score (nSPS) is 15.7. The number of nitrogens with zero attached hydrogens (tertiary/aromatic N) is 3. The van der Waals surface area contributed by atoms with Crippen LogP contribution in [0.2, 0.25) is 0 Å². The van der Waals surface area contributed by atoms with Crippen molar-refractivity contribution in [2.75, 3.05) is 26.2 Å². The van der Waals surface area contributed by atoms with E-state index in [1.54, 1.807) is 33.0 Å². The number of rotatable bonds is 31. The van der Waals surface area contributed by atoms with Gasteiger partial charge in [-0.1, -0.05) is 85.2 Å². The number of hydrogen-bond donors (Lipinski definition) is 6. The lowest BCUT2D eigenvalue weighted by Gasteiger charge is -2.41. The molecule has 18 nitrogen and oxygen atoms in total. The molecular weight excluding hydrogens is 985 g/mol. The fourth-order valence-electron chi connectivity index (χ4n) is 9.34. The monoisotopic (exact) mass is 1060 g/mol. The highest BCUT2D eigenvalue weighted by Gasteiger charge is 2.38. The molecule has 0 spiro atoms. The zero-order valence-electron chi connectivity index (χ0n) is 44.9. The average molecular weight is 1060 g/mol. The zero-order valence-corrected chi connectivity index (χ0v) is 44.9. The smallest absolute Gasteiger partial charge is 0.326 e. The van der Waals surface area contributed by atoms with Crippen molar-refractivity contribution in [2.45, 2.75) is 150 Å². The molecule has 1 aliphatic rings. The van der Waals surface area contributed by atoms with Crippen LogP contribution in [-0.2, 0) is 49.7 Å². The van der Waals surface area contributed by atoms with Crippen LogP contribution < -0.4 is 21.7 Å². The van der Waals surface area contributed by atoms with E-state index in [-0.39, 0.29) is 105 Å². The highest BCUT2D eigenvalue weighted by Crippen LogP contribution is 2.41. The Morgan fingerprint density at radius 1 is 0.868 bits per heavy atom. The van der Waals surface area contributed by atoms with Gasteiger partial charge in [0, 0.05) is 93.1 Å². The van der Waals surface area contributed by atoms with Crippen LogP contribution in [-0.4, -0.2) is 122 Å². The van der Waals surface area contributed by atoms with Crippen LogP contribution in [0.3, 0.4) is 0 Å².